The maximum atomic E-state index is 6.18. The maximum absolute atomic E-state index is 6.18. The quantitative estimate of drug-likeness (QED) is 0.880. The molecule has 0 spiro atoms. The molecule has 3 heteroatoms. The molecule has 96 valence electrons. The van der Waals surface area contributed by atoms with E-state index in [4.69, 9.17) is 11.6 Å². The second kappa shape index (κ2) is 6.17. The molecule has 18 heavy (non-hydrogen) atoms. The van der Waals surface area contributed by atoms with Gasteiger partial charge in [-0.15, -0.1) is 0 Å². The van der Waals surface area contributed by atoms with E-state index in [2.05, 4.69) is 30.2 Å². The Morgan fingerprint density at radius 2 is 2.17 bits per heavy atom. The number of nitrogens with one attached hydrogen (secondary N) is 1. The third-order valence-electron chi connectivity index (χ3n) is 3.31. The summed E-state index contributed by atoms with van der Waals surface area (Å²) in [7, 11) is 0. The standard InChI is InChI=1S/C15H19ClN2/c1-3-11(2)9-17-10-12-6-7-14(16)13-5-4-8-18-15(12)13/h4-8,11,17H,3,9-10H2,1-2H3. The second-order valence-corrected chi connectivity index (χ2v) is 5.16. The Kier molecular flexibility index (Phi) is 4.56. The van der Waals surface area contributed by atoms with Gasteiger partial charge in [0.15, 0.2) is 0 Å². The number of benzene rings is 1. The fourth-order valence-electron chi connectivity index (χ4n) is 1.94. The zero-order valence-corrected chi connectivity index (χ0v) is 11.7. The number of rotatable bonds is 5. The Labute approximate surface area is 113 Å². The predicted octanol–water partition coefficient (Wildman–Crippen LogP) is 4.02. The Morgan fingerprint density at radius 1 is 1.33 bits per heavy atom. The number of halogens is 1. The van der Waals surface area contributed by atoms with Crippen molar-refractivity contribution in [1.29, 1.82) is 0 Å². The van der Waals surface area contributed by atoms with Crippen molar-refractivity contribution < 1.29 is 0 Å². The first kappa shape index (κ1) is 13.3. The van der Waals surface area contributed by atoms with Gasteiger partial charge < -0.3 is 5.32 Å². The van der Waals surface area contributed by atoms with Gasteiger partial charge in [-0.05, 0) is 36.2 Å². The van der Waals surface area contributed by atoms with E-state index in [-0.39, 0.29) is 0 Å². The summed E-state index contributed by atoms with van der Waals surface area (Å²) in [4.78, 5) is 4.44. The molecule has 0 saturated carbocycles. The molecule has 1 atom stereocenters. The lowest BCUT2D eigenvalue weighted by atomic mass is 10.1. The SMILES string of the molecule is CCC(C)CNCc1ccc(Cl)c2cccnc12. The number of nitrogens with zero attached hydrogens (tertiary/aromatic N) is 1. The lowest BCUT2D eigenvalue weighted by Gasteiger charge is -2.11. The predicted molar refractivity (Wildman–Crippen MR) is 77.9 cm³/mol. The van der Waals surface area contributed by atoms with Crippen LogP contribution in [0, 0.1) is 5.92 Å². The average Bonchev–Trinajstić information content (AvgIpc) is 2.41. The first-order chi connectivity index (χ1) is 8.72. The summed E-state index contributed by atoms with van der Waals surface area (Å²) in [6.45, 7) is 6.35. The lowest BCUT2D eigenvalue weighted by molar-refractivity contribution is 0.500. The summed E-state index contributed by atoms with van der Waals surface area (Å²) >= 11 is 6.18. The molecular weight excluding hydrogens is 244 g/mol. The number of hydrogen-bond acceptors (Lipinski definition) is 2. The molecule has 0 amide bonds. The smallest absolute Gasteiger partial charge is 0.0761 e. The van der Waals surface area contributed by atoms with E-state index in [0.717, 1.165) is 29.0 Å². The number of pyridine rings is 1. The molecule has 2 aromatic rings. The average molecular weight is 263 g/mol. The summed E-state index contributed by atoms with van der Waals surface area (Å²) in [6, 6.07) is 7.94. The molecule has 0 radical (unpaired) electrons. The molecule has 2 rings (SSSR count). The van der Waals surface area contributed by atoms with Gasteiger partial charge in [-0.25, -0.2) is 0 Å². The summed E-state index contributed by atoms with van der Waals surface area (Å²) in [6.07, 6.45) is 3.02. The lowest BCUT2D eigenvalue weighted by Crippen LogP contribution is -2.20. The summed E-state index contributed by atoms with van der Waals surface area (Å²) in [5, 5.41) is 5.28. The second-order valence-electron chi connectivity index (χ2n) is 4.75. The van der Waals surface area contributed by atoms with Gasteiger partial charge in [0.1, 0.15) is 0 Å². The fraction of sp³-hybridized carbons (Fsp3) is 0.400. The van der Waals surface area contributed by atoms with E-state index in [9.17, 15) is 0 Å². The minimum atomic E-state index is 0.705. The van der Waals surface area contributed by atoms with Gasteiger partial charge in [0.05, 0.1) is 5.52 Å². The number of hydrogen-bond donors (Lipinski definition) is 1. The number of fused-ring (bicyclic) bond motifs is 1. The molecule has 0 saturated heterocycles. The molecule has 1 aromatic heterocycles. The Bertz CT molecular complexity index is 525. The van der Waals surface area contributed by atoms with Crippen LogP contribution in [-0.2, 0) is 6.54 Å². The molecule has 0 aliphatic rings. The van der Waals surface area contributed by atoms with Gasteiger partial charge in [-0.3, -0.25) is 4.98 Å². The first-order valence-electron chi connectivity index (χ1n) is 6.45. The maximum Gasteiger partial charge on any atom is 0.0761 e. The van der Waals surface area contributed by atoms with E-state index in [0.29, 0.717) is 5.92 Å². The van der Waals surface area contributed by atoms with Gasteiger partial charge in [-0.2, -0.15) is 0 Å². The van der Waals surface area contributed by atoms with E-state index in [1.54, 1.807) is 0 Å². The van der Waals surface area contributed by atoms with E-state index in [1.165, 1.54) is 12.0 Å². The Hall–Kier alpha value is -1.12. The van der Waals surface area contributed by atoms with Crippen LogP contribution in [-0.4, -0.2) is 11.5 Å². The molecule has 1 unspecified atom stereocenters. The van der Waals surface area contributed by atoms with Crippen molar-refractivity contribution in [1.82, 2.24) is 10.3 Å². The first-order valence-corrected chi connectivity index (χ1v) is 6.83. The number of aromatic nitrogens is 1. The van der Waals surface area contributed by atoms with Crippen molar-refractivity contribution in [3.05, 3.63) is 41.0 Å². The minimum absolute atomic E-state index is 0.705. The van der Waals surface area contributed by atoms with Crippen LogP contribution in [0.1, 0.15) is 25.8 Å². The van der Waals surface area contributed by atoms with Crippen LogP contribution >= 0.6 is 11.6 Å². The summed E-state index contributed by atoms with van der Waals surface area (Å²) < 4.78 is 0. The highest BCUT2D eigenvalue weighted by Gasteiger charge is 2.05. The van der Waals surface area contributed by atoms with Crippen LogP contribution in [0.4, 0.5) is 0 Å². The Balaban J connectivity index is 2.16. The molecular formula is C15H19ClN2. The zero-order valence-electron chi connectivity index (χ0n) is 10.9. The fourth-order valence-corrected chi connectivity index (χ4v) is 2.15. The van der Waals surface area contributed by atoms with Crippen LogP contribution in [0.3, 0.4) is 0 Å². The van der Waals surface area contributed by atoms with Gasteiger partial charge in [0, 0.05) is 23.2 Å². The monoisotopic (exact) mass is 262 g/mol. The molecule has 1 aromatic carbocycles. The van der Waals surface area contributed by atoms with Crippen LogP contribution in [0.2, 0.25) is 5.02 Å². The summed E-state index contributed by atoms with van der Waals surface area (Å²) in [5.74, 6) is 0.705. The van der Waals surface area contributed by atoms with E-state index < -0.39 is 0 Å². The van der Waals surface area contributed by atoms with Crippen LogP contribution in [0.25, 0.3) is 10.9 Å². The highest BCUT2D eigenvalue weighted by atomic mass is 35.5. The Morgan fingerprint density at radius 3 is 2.94 bits per heavy atom. The third kappa shape index (κ3) is 3.01. The zero-order chi connectivity index (χ0) is 13.0. The van der Waals surface area contributed by atoms with Crippen molar-refractivity contribution in [2.24, 2.45) is 5.92 Å². The van der Waals surface area contributed by atoms with Crippen LogP contribution in [0.5, 0.6) is 0 Å². The van der Waals surface area contributed by atoms with Crippen molar-refractivity contribution in [2.45, 2.75) is 26.8 Å². The van der Waals surface area contributed by atoms with Crippen LogP contribution < -0.4 is 5.32 Å². The molecule has 0 fully saturated rings. The van der Waals surface area contributed by atoms with Gasteiger partial charge >= 0.3 is 0 Å². The third-order valence-corrected chi connectivity index (χ3v) is 3.63. The van der Waals surface area contributed by atoms with Gasteiger partial charge in [-0.1, -0.05) is 37.9 Å². The van der Waals surface area contributed by atoms with E-state index in [1.807, 2.05) is 24.4 Å². The molecule has 0 bridgehead atoms. The van der Waals surface area contributed by atoms with Crippen molar-refractivity contribution in [3.8, 4) is 0 Å². The highest BCUT2D eigenvalue weighted by molar-refractivity contribution is 6.35. The molecule has 2 nitrogen and oxygen atoms in total. The van der Waals surface area contributed by atoms with Gasteiger partial charge in [0.2, 0.25) is 0 Å². The van der Waals surface area contributed by atoms with Crippen molar-refractivity contribution >= 4 is 22.5 Å². The minimum Gasteiger partial charge on any atom is -0.312 e. The van der Waals surface area contributed by atoms with Crippen molar-refractivity contribution in [3.63, 3.8) is 0 Å². The summed E-state index contributed by atoms with van der Waals surface area (Å²) in [5.41, 5.74) is 2.21. The molecule has 1 heterocycles. The normalized spacial score (nSPS) is 12.8. The molecule has 0 aliphatic heterocycles. The van der Waals surface area contributed by atoms with Crippen molar-refractivity contribution in [2.75, 3.05) is 6.54 Å². The largest absolute Gasteiger partial charge is 0.312 e. The molecule has 1 N–H and O–H groups in total. The topological polar surface area (TPSA) is 24.9 Å². The van der Waals surface area contributed by atoms with Gasteiger partial charge in [0.25, 0.3) is 0 Å². The molecule has 0 aliphatic carbocycles. The van der Waals surface area contributed by atoms with E-state index >= 15 is 0 Å². The highest BCUT2D eigenvalue weighted by Crippen LogP contribution is 2.24. The van der Waals surface area contributed by atoms with Crippen LogP contribution in [0.15, 0.2) is 30.5 Å².